The zero-order valence-electron chi connectivity index (χ0n) is 19.0. The van der Waals surface area contributed by atoms with Crippen molar-refractivity contribution in [3.63, 3.8) is 0 Å². The van der Waals surface area contributed by atoms with Crippen molar-refractivity contribution in [1.82, 2.24) is 24.3 Å². The Morgan fingerprint density at radius 3 is 2.71 bits per heavy atom. The Balaban J connectivity index is 1.50. The first-order valence-corrected chi connectivity index (χ1v) is 11.5. The minimum atomic E-state index is -0.350. The summed E-state index contributed by atoms with van der Waals surface area (Å²) in [5.41, 5.74) is 2.52. The summed E-state index contributed by atoms with van der Waals surface area (Å²) < 4.78 is 14.3. The van der Waals surface area contributed by atoms with Gasteiger partial charge in [0, 0.05) is 18.5 Å². The van der Waals surface area contributed by atoms with Crippen LogP contribution in [0, 0.1) is 6.92 Å². The minimum absolute atomic E-state index is 0.0863. The first-order chi connectivity index (χ1) is 16.3. The summed E-state index contributed by atoms with van der Waals surface area (Å²) in [6.07, 6.45) is 0. The molecule has 0 radical (unpaired) electrons. The molecule has 0 spiro atoms. The van der Waals surface area contributed by atoms with E-state index in [4.69, 9.17) is 9.26 Å². The number of aromatic nitrogens is 5. The summed E-state index contributed by atoms with van der Waals surface area (Å²) in [7, 11) is 1.60. The highest BCUT2D eigenvalue weighted by molar-refractivity contribution is 7.22. The van der Waals surface area contributed by atoms with Gasteiger partial charge in [0.05, 0.1) is 28.4 Å². The number of amides is 1. The Morgan fingerprint density at radius 2 is 2.00 bits per heavy atom. The van der Waals surface area contributed by atoms with Crippen molar-refractivity contribution in [3.8, 4) is 17.1 Å². The van der Waals surface area contributed by atoms with Crippen LogP contribution in [0.4, 0.5) is 5.13 Å². The van der Waals surface area contributed by atoms with Gasteiger partial charge < -0.3 is 14.6 Å². The van der Waals surface area contributed by atoms with E-state index in [1.54, 1.807) is 24.7 Å². The predicted octanol–water partition coefficient (Wildman–Crippen LogP) is 4.00. The molecule has 0 aliphatic carbocycles. The monoisotopic (exact) mass is 478 g/mol. The van der Waals surface area contributed by atoms with E-state index < -0.39 is 0 Å². The molecule has 11 heteroatoms. The fourth-order valence-electron chi connectivity index (χ4n) is 3.87. The number of nitrogens with zero attached hydrogens (tertiary/aromatic N) is 5. The number of benzene rings is 2. The number of methoxy groups -OCH3 is 1. The second-order valence-electron chi connectivity index (χ2n) is 8.07. The van der Waals surface area contributed by atoms with E-state index in [0.29, 0.717) is 27.9 Å². The van der Waals surface area contributed by atoms with Crippen LogP contribution in [0.15, 0.2) is 45.7 Å². The van der Waals surface area contributed by atoms with Gasteiger partial charge in [-0.2, -0.15) is 4.98 Å². The maximum Gasteiger partial charge on any atom is 0.329 e. The van der Waals surface area contributed by atoms with E-state index in [0.717, 1.165) is 21.5 Å². The van der Waals surface area contributed by atoms with Crippen LogP contribution in [0.5, 0.6) is 5.75 Å². The number of anilines is 1. The molecule has 10 nitrogen and oxygen atoms in total. The van der Waals surface area contributed by atoms with E-state index in [9.17, 15) is 9.59 Å². The number of nitrogens with one attached hydrogen (secondary N) is 1. The molecule has 2 aromatic carbocycles. The van der Waals surface area contributed by atoms with Crippen LogP contribution in [-0.4, -0.2) is 37.3 Å². The van der Waals surface area contributed by atoms with Crippen molar-refractivity contribution in [2.75, 3.05) is 12.4 Å². The summed E-state index contributed by atoms with van der Waals surface area (Å²) in [5.74, 6) is 1.23. The van der Waals surface area contributed by atoms with Crippen LogP contribution in [0.25, 0.3) is 32.6 Å². The van der Waals surface area contributed by atoms with Crippen molar-refractivity contribution >= 4 is 43.6 Å². The summed E-state index contributed by atoms with van der Waals surface area (Å²) in [5, 5.41) is 7.23. The Hall–Kier alpha value is -3.99. The molecule has 0 saturated carbocycles. The molecule has 3 aromatic heterocycles. The highest BCUT2D eigenvalue weighted by atomic mass is 32.1. The number of carbonyl (C=O) groups excluding carboxylic acids is 1. The topological polar surface area (TPSA) is 117 Å². The average Bonchev–Trinajstić information content (AvgIpc) is 3.48. The van der Waals surface area contributed by atoms with Crippen LogP contribution >= 0.6 is 11.3 Å². The number of hydrogen-bond acceptors (Lipinski definition) is 8. The number of carbonyl (C=O) groups is 1. The number of fused-ring (bicyclic) bond motifs is 2. The summed E-state index contributed by atoms with van der Waals surface area (Å²) in [6.45, 7) is 5.40. The van der Waals surface area contributed by atoms with Gasteiger partial charge in [-0.3, -0.25) is 13.9 Å². The normalized spacial score (nSPS) is 11.6. The number of ether oxygens (including phenoxy) is 1. The van der Waals surface area contributed by atoms with Crippen LogP contribution in [0.1, 0.15) is 25.8 Å². The first-order valence-electron chi connectivity index (χ1n) is 10.6. The molecular weight excluding hydrogens is 456 g/mol. The Labute approximate surface area is 197 Å². The SMILES string of the molecule is COc1ccc2nc(NC(=O)Cn3c(=O)n(C(C)C)c4ccc(-c5noc(C)n5)cc43)sc2c1. The Kier molecular flexibility index (Phi) is 5.40. The number of rotatable bonds is 6. The van der Waals surface area contributed by atoms with Crippen molar-refractivity contribution in [1.29, 1.82) is 0 Å². The summed E-state index contributed by atoms with van der Waals surface area (Å²) in [6, 6.07) is 10.9. The quantitative estimate of drug-likeness (QED) is 0.392. The summed E-state index contributed by atoms with van der Waals surface area (Å²) in [4.78, 5) is 34.9. The van der Waals surface area contributed by atoms with Crippen LogP contribution in [-0.2, 0) is 11.3 Å². The van der Waals surface area contributed by atoms with E-state index in [1.165, 1.54) is 15.9 Å². The summed E-state index contributed by atoms with van der Waals surface area (Å²) >= 11 is 1.34. The fraction of sp³-hybridized carbons (Fsp3) is 0.261. The smallest absolute Gasteiger partial charge is 0.329 e. The van der Waals surface area contributed by atoms with Gasteiger partial charge in [-0.05, 0) is 50.2 Å². The fourth-order valence-corrected chi connectivity index (χ4v) is 4.79. The molecule has 34 heavy (non-hydrogen) atoms. The Morgan fingerprint density at radius 1 is 1.18 bits per heavy atom. The second kappa shape index (κ2) is 8.41. The molecule has 1 N–H and O–H groups in total. The third-order valence-corrected chi connectivity index (χ3v) is 6.34. The van der Waals surface area contributed by atoms with Crippen molar-refractivity contribution in [2.45, 2.75) is 33.4 Å². The molecule has 0 saturated heterocycles. The molecule has 0 aliphatic heterocycles. The average molecular weight is 479 g/mol. The minimum Gasteiger partial charge on any atom is -0.497 e. The zero-order chi connectivity index (χ0) is 24.0. The van der Waals surface area contributed by atoms with Gasteiger partial charge in [-0.15, -0.1) is 0 Å². The zero-order valence-corrected chi connectivity index (χ0v) is 19.8. The van der Waals surface area contributed by atoms with Crippen molar-refractivity contribution in [3.05, 3.63) is 52.8 Å². The highest BCUT2D eigenvalue weighted by Gasteiger charge is 2.20. The number of aryl methyl sites for hydroxylation is 1. The largest absolute Gasteiger partial charge is 0.497 e. The van der Waals surface area contributed by atoms with E-state index >= 15 is 0 Å². The van der Waals surface area contributed by atoms with Gasteiger partial charge in [-0.1, -0.05) is 16.5 Å². The van der Waals surface area contributed by atoms with Gasteiger partial charge in [0.1, 0.15) is 12.3 Å². The molecule has 5 rings (SSSR count). The third kappa shape index (κ3) is 3.83. The molecule has 0 fully saturated rings. The predicted molar refractivity (Wildman–Crippen MR) is 129 cm³/mol. The molecule has 0 aliphatic rings. The number of hydrogen-bond donors (Lipinski definition) is 1. The standard InChI is InChI=1S/C23H22N6O4S/c1-12(2)29-17-8-5-14(21-24-13(3)33-27-21)9-18(17)28(23(29)31)11-20(30)26-22-25-16-7-6-15(32-4)10-19(16)34-22/h5-10,12H,11H2,1-4H3,(H,25,26,30). The van der Waals surface area contributed by atoms with Gasteiger partial charge in [0.2, 0.25) is 17.6 Å². The van der Waals surface area contributed by atoms with Crippen LogP contribution < -0.4 is 15.7 Å². The molecule has 3 heterocycles. The lowest BCUT2D eigenvalue weighted by Gasteiger charge is -2.06. The Bertz CT molecular complexity index is 1590. The van der Waals surface area contributed by atoms with E-state index in [2.05, 4.69) is 20.4 Å². The first kappa shape index (κ1) is 21.8. The number of imidazole rings is 1. The molecule has 1 amide bonds. The molecule has 0 bridgehead atoms. The van der Waals surface area contributed by atoms with Gasteiger partial charge in [0.25, 0.3) is 0 Å². The van der Waals surface area contributed by atoms with Crippen molar-refractivity contribution < 1.29 is 14.1 Å². The molecule has 0 unspecified atom stereocenters. The van der Waals surface area contributed by atoms with E-state index in [1.807, 2.05) is 44.2 Å². The maximum atomic E-state index is 13.3. The second-order valence-corrected chi connectivity index (χ2v) is 9.10. The maximum absolute atomic E-state index is 13.3. The lowest BCUT2D eigenvalue weighted by molar-refractivity contribution is -0.116. The number of thiazole rings is 1. The highest BCUT2D eigenvalue weighted by Crippen LogP contribution is 2.29. The molecule has 5 aromatic rings. The van der Waals surface area contributed by atoms with Gasteiger partial charge in [0.15, 0.2) is 5.13 Å². The van der Waals surface area contributed by atoms with Crippen LogP contribution in [0.2, 0.25) is 0 Å². The molecular formula is C23H22N6O4S. The van der Waals surface area contributed by atoms with E-state index in [-0.39, 0.29) is 24.2 Å². The van der Waals surface area contributed by atoms with Gasteiger partial charge >= 0.3 is 5.69 Å². The van der Waals surface area contributed by atoms with Crippen molar-refractivity contribution in [2.24, 2.45) is 0 Å². The van der Waals surface area contributed by atoms with Crippen LogP contribution in [0.3, 0.4) is 0 Å². The van der Waals surface area contributed by atoms with Gasteiger partial charge in [-0.25, -0.2) is 9.78 Å². The lowest BCUT2D eigenvalue weighted by atomic mass is 10.2. The molecule has 174 valence electrons. The molecule has 0 atom stereocenters. The lowest BCUT2D eigenvalue weighted by Crippen LogP contribution is -2.30. The third-order valence-electron chi connectivity index (χ3n) is 5.41.